The fourth-order valence-electron chi connectivity index (χ4n) is 2.19. The number of hydrogen-bond donors (Lipinski definition) is 3. The van der Waals surface area contributed by atoms with E-state index in [0.29, 0.717) is 30.9 Å². The molecule has 0 saturated heterocycles. The minimum absolute atomic E-state index is 0.0834. The molecule has 27 heavy (non-hydrogen) atoms. The van der Waals surface area contributed by atoms with Gasteiger partial charge in [-0.1, -0.05) is 18.9 Å². The second-order valence-electron chi connectivity index (χ2n) is 6.71. The first-order valence-electron chi connectivity index (χ1n) is 8.94. The van der Waals surface area contributed by atoms with Gasteiger partial charge >= 0.3 is 5.97 Å². The maximum Gasteiger partial charge on any atom is 0.331 e. The molecule has 1 unspecified atom stereocenters. The van der Waals surface area contributed by atoms with Crippen molar-refractivity contribution in [1.82, 2.24) is 0 Å². The highest BCUT2D eigenvalue weighted by Crippen LogP contribution is 2.25. The van der Waals surface area contributed by atoms with Crippen molar-refractivity contribution in [3.8, 4) is 0 Å². The van der Waals surface area contributed by atoms with Crippen LogP contribution in [0.1, 0.15) is 59.8 Å². The average molecular weight is 384 g/mol. The SMILES string of the molecule is CC(C(=O)O)=C(CCO)CCO.CC(CCCCN=C=O)C(C)(C)N=C=O. The molecular weight excluding hydrogens is 352 g/mol. The fourth-order valence-corrected chi connectivity index (χ4v) is 2.19. The van der Waals surface area contributed by atoms with Gasteiger partial charge in [-0.2, -0.15) is 4.99 Å². The minimum Gasteiger partial charge on any atom is -0.478 e. The zero-order chi connectivity index (χ0) is 21.3. The van der Waals surface area contributed by atoms with Gasteiger partial charge in [0.2, 0.25) is 12.2 Å². The molecule has 3 N–H and O–H groups in total. The summed E-state index contributed by atoms with van der Waals surface area (Å²) in [7, 11) is 0. The number of aliphatic imine (C=N–C) groups is 2. The van der Waals surface area contributed by atoms with Crippen LogP contribution >= 0.6 is 0 Å². The molecule has 0 spiro atoms. The lowest BCUT2D eigenvalue weighted by molar-refractivity contribution is -0.132. The Labute approximate surface area is 160 Å². The number of carbonyl (C=O) groups is 1. The first-order valence-corrected chi connectivity index (χ1v) is 8.94. The predicted octanol–water partition coefficient (Wildman–Crippen LogP) is 2.40. The lowest BCUT2D eigenvalue weighted by Gasteiger charge is -2.25. The molecule has 0 aromatic carbocycles. The van der Waals surface area contributed by atoms with Crippen LogP contribution in [0.4, 0.5) is 0 Å². The molecule has 0 heterocycles. The number of aliphatic carboxylic acids is 1. The second kappa shape index (κ2) is 16.1. The fraction of sp³-hybridized carbons (Fsp3) is 0.737. The lowest BCUT2D eigenvalue weighted by atomic mass is 9.86. The zero-order valence-electron chi connectivity index (χ0n) is 16.7. The molecule has 0 rings (SSSR count). The summed E-state index contributed by atoms with van der Waals surface area (Å²) < 4.78 is 0. The number of aliphatic hydroxyl groups is 2. The molecule has 0 aliphatic rings. The highest BCUT2D eigenvalue weighted by molar-refractivity contribution is 5.86. The standard InChI is InChI=1S/C11H18N2O2.C8H14O4/c1-10(11(2,3)13-9-15)6-4-5-7-12-8-14;1-6(8(11)12)7(2-4-9)3-5-10/h10H,4-7H2,1-3H3;9-10H,2-5H2,1H3,(H,11,12). The van der Waals surface area contributed by atoms with Crippen molar-refractivity contribution in [3.63, 3.8) is 0 Å². The molecule has 0 fully saturated rings. The minimum atomic E-state index is -0.994. The van der Waals surface area contributed by atoms with Crippen molar-refractivity contribution in [3.05, 3.63) is 11.1 Å². The van der Waals surface area contributed by atoms with Crippen molar-refractivity contribution in [2.45, 2.75) is 65.3 Å². The van der Waals surface area contributed by atoms with Crippen molar-refractivity contribution in [1.29, 1.82) is 0 Å². The molecule has 0 bridgehead atoms. The summed E-state index contributed by atoms with van der Waals surface area (Å²) in [5.41, 5.74) is 0.473. The molecule has 8 heteroatoms. The first-order chi connectivity index (χ1) is 12.7. The van der Waals surface area contributed by atoms with Crippen LogP contribution in [0.15, 0.2) is 21.1 Å². The highest BCUT2D eigenvalue weighted by atomic mass is 16.4. The Balaban J connectivity index is 0. The van der Waals surface area contributed by atoms with Gasteiger partial charge in [0, 0.05) is 18.8 Å². The first kappa shape index (κ1) is 27.1. The normalized spacial score (nSPS) is 11.2. The number of carbonyl (C=O) groups excluding carboxylic acids is 2. The number of isocyanates is 2. The van der Waals surface area contributed by atoms with E-state index in [0.717, 1.165) is 19.3 Å². The molecule has 0 aliphatic carbocycles. The molecular formula is C19H32N2O6. The van der Waals surface area contributed by atoms with E-state index < -0.39 is 5.97 Å². The van der Waals surface area contributed by atoms with Gasteiger partial charge in [-0.25, -0.2) is 19.4 Å². The second-order valence-corrected chi connectivity index (χ2v) is 6.71. The van der Waals surface area contributed by atoms with E-state index in [2.05, 4.69) is 16.9 Å². The van der Waals surface area contributed by atoms with Gasteiger partial charge in [0.1, 0.15) is 0 Å². The van der Waals surface area contributed by atoms with Crippen LogP contribution in [-0.2, 0) is 14.4 Å². The van der Waals surface area contributed by atoms with Gasteiger partial charge < -0.3 is 15.3 Å². The number of carboxylic acid groups (broad SMARTS) is 1. The van der Waals surface area contributed by atoms with Gasteiger partial charge in [-0.15, -0.1) is 0 Å². The largest absolute Gasteiger partial charge is 0.478 e. The molecule has 0 saturated carbocycles. The summed E-state index contributed by atoms with van der Waals surface area (Å²) in [5, 5.41) is 25.8. The monoisotopic (exact) mass is 384 g/mol. The summed E-state index contributed by atoms with van der Waals surface area (Å²) in [6.07, 6.45) is 6.57. The Hall–Kier alpha value is -2.11. The molecule has 154 valence electrons. The van der Waals surface area contributed by atoms with E-state index in [9.17, 15) is 14.4 Å². The van der Waals surface area contributed by atoms with Crippen LogP contribution in [0.2, 0.25) is 0 Å². The van der Waals surface area contributed by atoms with Crippen molar-refractivity contribution >= 4 is 18.1 Å². The van der Waals surface area contributed by atoms with E-state index in [4.69, 9.17) is 15.3 Å². The van der Waals surface area contributed by atoms with Crippen LogP contribution in [0.5, 0.6) is 0 Å². The van der Waals surface area contributed by atoms with Gasteiger partial charge in [-0.3, -0.25) is 0 Å². The van der Waals surface area contributed by atoms with Crippen LogP contribution < -0.4 is 0 Å². The number of aliphatic hydroxyl groups excluding tert-OH is 2. The Morgan fingerprint density at radius 1 is 1.07 bits per heavy atom. The van der Waals surface area contributed by atoms with Crippen LogP contribution in [-0.4, -0.2) is 58.7 Å². The Kier molecular flexibility index (Phi) is 16.2. The molecule has 0 aromatic rings. The molecule has 1 atom stereocenters. The topological polar surface area (TPSA) is 137 Å². The molecule has 8 nitrogen and oxygen atoms in total. The summed E-state index contributed by atoms with van der Waals surface area (Å²) >= 11 is 0. The molecule has 0 radical (unpaired) electrons. The van der Waals surface area contributed by atoms with E-state index in [-0.39, 0.29) is 24.3 Å². The summed E-state index contributed by atoms with van der Waals surface area (Å²) in [4.78, 5) is 37.7. The van der Waals surface area contributed by atoms with Crippen molar-refractivity contribution in [2.24, 2.45) is 15.9 Å². The highest BCUT2D eigenvalue weighted by Gasteiger charge is 2.24. The molecule has 0 aliphatic heterocycles. The van der Waals surface area contributed by atoms with Crippen molar-refractivity contribution in [2.75, 3.05) is 19.8 Å². The van der Waals surface area contributed by atoms with Crippen molar-refractivity contribution < 1.29 is 29.7 Å². The van der Waals surface area contributed by atoms with Gasteiger partial charge in [-0.05, 0) is 52.4 Å². The van der Waals surface area contributed by atoms with E-state index in [1.807, 2.05) is 13.8 Å². The summed E-state index contributed by atoms with van der Waals surface area (Å²) in [6, 6.07) is 0. The third kappa shape index (κ3) is 13.7. The molecule has 0 amide bonds. The third-order valence-electron chi connectivity index (χ3n) is 4.44. The number of nitrogens with zero attached hydrogens (tertiary/aromatic N) is 2. The number of rotatable bonds is 12. The maximum atomic E-state index is 10.5. The van der Waals surface area contributed by atoms with Crippen LogP contribution in [0.25, 0.3) is 0 Å². The van der Waals surface area contributed by atoms with E-state index in [1.54, 1.807) is 6.08 Å². The maximum absolute atomic E-state index is 10.5. The summed E-state index contributed by atoms with van der Waals surface area (Å²) in [5.74, 6) is -0.675. The average Bonchev–Trinajstić information content (AvgIpc) is 2.61. The van der Waals surface area contributed by atoms with Gasteiger partial charge in [0.05, 0.1) is 12.1 Å². The smallest absolute Gasteiger partial charge is 0.331 e. The zero-order valence-corrected chi connectivity index (χ0v) is 16.7. The Bertz CT molecular complexity index is 551. The predicted molar refractivity (Wildman–Crippen MR) is 102 cm³/mol. The van der Waals surface area contributed by atoms with E-state index in [1.165, 1.54) is 13.0 Å². The van der Waals surface area contributed by atoms with E-state index >= 15 is 0 Å². The Morgan fingerprint density at radius 3 is 2.04 bits per heavy atom. The van der Waals surface area contributed by atoms with Crippen LogP contribution in [0.3, 0.4) is 0 Å². The Morgan fingerprint density at radius 2 is 1.63 bits per heavy atom. The lowest BCUT2D eigenvalue weighted by Crippen LogP contribution is -2.26. The summed E-state index contributed by atoms with van der Waals surface area (Å²) in [6.45, 7) is 7.75. The third-order valence-corrected chi connectivity index (χ3v) is 4.44. The quantitative estimate of drug-likeness (QED) is 0.204. The number of carboxylic acids is 1. The number of hydrogen-bond acceptors (Lipinski definition) is 7. The molecule has 0 aromatic heterocycles. The van der Waals surface area contributed by atoms with Gasteiger partial charge in [0.15, 0.2) is 0 Å². The number of unbranched alkanes of at least 4 members (excludes halogenated alkanes) is 1. The van der Waals surface area contributed by atoms with Crippen LogP contribution in [0, 0.1) is 5.92 Å². The van der Waals surface area contributed by atoms with Gasteiger partial charge in [0.25, 0.3) is 0 Å².